The summed E-state index contributed by atoms with van der Waals surface area (Å²) in [7, 11) is 0. The maximum Gasteiger partial charge on any atom is 0.254 e. The Kier molecular flexibility index (Phi) is 2.82. The van der Waals surface area contributed by atoms with Gasteiger partial charge in [0.15, 0.2) is 5.65 Å². The molecule has 3 aliphatic rings. The fraction of sp³-hybridized carbons (Fsp3) is 0.294. The highest BCUT2D eigenvalue weighted by Gasteiger charge is 2.47. The van der Waals surface area contributed by atoms with E-state index >= 15 is 0 Å². The molecule has 0 aliphatic carbocycles. The lowest BCUT2D eigenvalue weighted by molar-refractivity contribution is 0.00573. The van der Waals surface area contributed by atoms with E-state index in [0.717, 1.165) is 36.5 Å². The van der Waals surface area contributed by atoms with E-state index in [4.69, 9.17) is 0 Å². The molecule has 3 fully saturated rings. The third-order valence-corrected chi connectivity index (χ3v) is 4.92. The van der Waals surface area contributed by atoms with Crippen LogP contribution in [0.1, 0.15) is 16.8 Å². The van der Waals surface area contributed by atoms with Crippen molar-refractivity contribution in [2.45, 2.75) is 18.5 Å². The highest BCUT2D eigenvalue weighted by Crippen LogP contribution is 2.35. The van der Waals surface area contributed by atoms with E-state index in [1.807, 2.05) is 47.4 Å². The number of carbonyl (C=O) groups is 1. The Labute approximate surface area is 138 Å². The van der Waals surface area contributed by atoms with Crippen molar-refractivity contribution in [1.29, 1.82) is 0 Å². The predicted octanol–water partition coefficient (Wildman–Crippen LogP) is 1.23. The SMILES string of the molecule is O=C(c1ccccc1)N1C2CC1CN(c1ccc3nncn3n1)C2. The number of piperazine rings is 1. The zero-order chi connectivity index (χ0) is 16.1. The van der Waals surface area contributed by atoms with Gasteiger partial charge in [-0.1, -0.05) is 18.2 Å². The molecule has 3 saturated heterocycles. The first kappa shape index (κ1) is 13.5. The van der Waals surface area contributed by atoms with Crippen molar-refractivity contribution in [1.82, 2.24) is 24.7 Å². The number of anilines is 1. The Balaban J connectivity index is 1.36. The molecular weight excluding hydrogens is 304 g/mol. The number of hydrogen-bond donors (Lipinski definition) is 0. The number of nitrogens with zero attached hydrogens (tertiary/aromatic N) is 6. The number of rotatable bonds is 2. The summed E-state index contributed by atoms with van der Waals surface area (Å²) >= 11 is 0. The number of fused-ring (bicyclic) bond motifs is 3. The molecule has 2 aromatic heterocycles. The molecule has 6 rings (SSSR count). The van der Waals surface area contributed by atoms with Crippen molar-refractivity contribution < 1.29 is 4.79 Å². The normalized spacial score (nSPS) is 22.5. The van der Waals surface area contributed by atoms with Crippen LogP contribution in [0, 0.1) is 0 Å². The number of amides is 1. The zero-order valence-electron chi connectivity index (χ0n) is 13.0. The van der Waals surface area contributed by atoms with Gasteiger partial charge in [-0.2, -0.15) is 4.52 Å². The quantitative estimate of drug-likeness (QED) is 0.710. The average molecular weight is 320 g/mol. The van der Waals surface area contributed by atoms with Gasteiger partial charge in [-0.25, -0.2) is 0 Å². The average Bonchev–Trinajstić information content (AvgIpc) is 3.10. The van der Waals surface area contributed by atoms with Gasteiger partial charge < -0.3 is 9.80 Å². The third kappa shape index (κ3) is 1.97. The summed E-state index contributed by atoms with van der Waals surface area (Å²) in [4.78, 5) is 17.0. The predicted molar refractivity (Wildman–Crippen MR) is 87.8 cm³/mol. The van der Waals surface area contributed by atoms with Gasteiger partial charge in [0.2, 0.25) is 0 Å². The molecule has 7 nitrogen and oxygen atoms in total. The smallest absolute Gasteiger partial charge is 0.254 e. The van der Waals surface area contributed by atoms with E-state index in [0.29, 0.717) is 0 Å². The summed E-state index contributed by atoms with van der Waals surface area (Å²) in [6, 6.07) is 13.9. The largest absolute Gasteiger partial charge is 0.351 e. The van der Waals surface area contributed by atoms with Crippen LogP contribution in [0.2, 0.25) is 0 Å². The van der Waals surface area contributed by atoms with Gasteiger partial charge in [-0.3, -0.25) is 4.79 Å². The molecule has 1 amide bonds. The molecule has 1 aromatic carbocycles. The van der Waals surface area contributed by atoms with E-state index < -0.39 is 0 Å². The van der Waals surface area contributed by atoms with E-state index in [-0.39, 0.29) is 18.0 Å². The Morgan fingerprint density at radius 1 is 1.04 bits per heavy atom. The zero-order valence-corrected chi connectivity index (χ0v) is 13.0. The van der Waals surface area contributed by atoms with Crippen LogP contribution in [0.15, 0.2) is 48.8 Å². The van der Waals surface area contributed by atoms with Crippen LogP contribution in [-0.2, 0) is 0 Å². The number of hydrogen-bond acceptors (Lipinski definition) is 5. The molecule has 2 atom stereocenters. The van der Waals surface area contributed by atoms with Crippen LogP contribution in [-0.4, -0.2) is 55.8 Å². The third-order valence-electron chi connectivity index (χ3n) is 4.92. The first-order valence-corrected chi connectivity index (χ1v) is 8.09. The molecule has 2 bridgehead atoms. The molecule has 0 spiro atoms. The molecule has 120 valence electrons. The highest BCUT2D eigenvalue weighted by molar-refractivity contribution is 5.95. The van der Waals surface area contributed by atoms with Crippen molar-refractivity contribution in [2.75, 3.05) is 18.0 Å². The van der Waals surface area contributed by atoms with Gasteiger partial charge in [0.1, 0.15) is 12.1 Å². The Morgan fingerprint density at radius 3 is 2.62 bits per heavy atom. The molecule has 24 heavy (non-hydrogen) atoms. The maximum absolute atomic E-state index is 12.7. The Hall–Kier alpha value is -2.96. The minimum Gasteiger partial charge on any atom is -0.351 e. The molecule has 2 unspecified atom stereocenters. The van der Waals surface area contributed by atoms with Gasteiger partial charge in [0.05, 0.1) is 12.1 Å². The minimum absolute atomic E-state index is 0.138. The summed E-state index contributed by atoms with van der Waals surface area (Å²) in [5.74, 6) is 1.04. The number of piperidine rings is 1. The van der Waals surface area contributed by atoms with Gasteiger partial charge in [-0.05, 0) is 30.7 Å². The summed E-state index contributed by atoms with van der Waals surface area (Å²) in [6.07, 6.45) is 2.68. The topological polar surface area (TPSA) is 66.6 Å². The van der Waals surface area contributed by atoms with Crippen molar-refractivity contribution in [3.63, 3.8) is 0 Å². The maximum atomic E-state index is 12.7. The fourth-order valence-electron chi connectivity index (χ4n) is 3.75. The number of benzene rings is 1. The molecule has 0 saturated carbocycles. The molecule has 0 N–H and O–H groups in total. The molecule has 3 aliphatic heterocycles. The van der Waals surface area contributed by atoms with Gasteiger partial charge in [-0.15, -0.1) is 15.3 Å². The standard InChI is InChI=1S/C17H16N6O/c24-17(12-4-2-1-3-5-12)23-13-8-14(23)10-21(9-13)16-7-6-15-19-18-11-22(15)20-16/h1-7,11,13-14H,8-10H2. The summed E-state index contributed by atoms with van der Waals surface area (Å²) in [6.45, 7) is 1.63. The van der Waals surface area contributed by atoms with Gasteiger partial charge >= 0.3 is 0 Å². The van der Waals surface area contributed by atoms with Crippen molar-refractivity contribution in [3.05, 3.63) is 54.4 Å². The second-order valence-corrected chi connectivity index (χ2v) is 6.35. The number of aromatic nitrogens is 4. The summed E-state index contributed by atoms with van der Waals surface area (Å²) in [5.41, 5.74) is 1.51. The van der Waals surface area contributed by atoms with Crippen LogP contribution in [0.25, 0.3) is 5.65 Å². The highest BCUT2D eigenvalue weighted by atomic mass is 16.2. The van der Waals surface area contributed by atoms with Gasteiger partial charge in [0, 0.05) is 18.7 Å². The second kappa shape index (κ2) is 5.02. The van der Waals surface area contributed by atoms with E-state index in [2.05, 4.69) is 20.2 Å². The summed E-state index contributed by atoms with van der Waals surface area (Å²) in [5, 5.41) is 12.4. The minimum atomic E-state index is 0.138. The molecule has 3 aromatic rings. The lowest BCUT2D eigenvalue weighted by atomic mass is 9.86. The lowest BCUT2D eigenvalue weighted by Gasteiger charge is -2.56. The first-order valence-electron chi connectivity index (χ1n) is 8.09. The van der Waals surface area contributed by atoms with E-state index in [9.17, 15) is 4.79 Å². The van der Waals surface area contributed by atoms with E-state index in [1.165, 1.54) is 0 Å². The molecule has 0 radical (unpaired) electrons. The van der Waals surface area contributed by atoms with Crippen LogP contribution in [0.4, 0.5) is 5.82 Å². The molecule has 7 heteroatoms. The van der Waals surface area contributed by atoms with Crippen molar-refractivity contribution in [2.24, 2.45) is 0 Å². The number of carbonyl (C=O) groups excluding carboxylic acids is 1. The second-order valence-electron chi connectivity index (χ2n) is 6.35. The van der Waals surface area contributed by atoms with E-state index in [1.54, 1.807) is 10.8 Å². The van der Waals surface area contributed by atoms with Crippen molar-refractivity contribution in [3.8, 4) is 0 Å². The Bertz CT molecular complexity index is 896. The first-order chi connectivity index (χ1) is 11.8. The van der Waals surface area contributed by atoms with Gasteiger partial charge in [0.25, 0.3) is 5.91 Å². The lowest BCUT2D eigenvalue weighted by Crippen LogP contribution is -2.70. The van der Waals surface area contributed by atoms with Crippen molar-refractivity contribution >= 4 is 17.4 Å². The molecular formula is C17H16N6O. The monoisotopic (exact) mass is 320 g/mol. The van der Waals surface area contributed by atoms with Crippen LogP contribution in [0.5, 0.6) is 0 Å². The van der Waals surface area contributed by atoms with Crippen LogP contribution < -0.4 is 4.90 Å². The summed E-state index contributed by atoms with van der Waals surface area (Å²) < 4.78 is 1.68. The Morgan fingerprint density at radius 2 is 1.83 bits per heavy atom. The van der Waals surface area contributed by atoms with Crippen LogP contribution >= 0.6 is 0 Å². The fourth-order valence-corrected chi connectivity index (χ4v) is 3.75. The molecule has 5 heterocycles. The van der Waals surface area contributed by atoms with Crippen LogP contribution in [0.3, 0.4) is 0 Å².